The maximum absolute atomic E-state index is 13.7. The molecule has 0 aliphatic carbocycles. The van der Waals surface area contributed by atoms with Crippen molar-refractivity contribution >= 4 is 28.3 Å². The van der Waals surface area contributed by atoms with Crippen molar-refractivity contribution in [3.8, 4) is 11.1 Å². The van der Waals surface area contributed by atoms with Crippen molar-refractivity contribution in [3.05, 3.63) is 40.6 Å². The number of carbonyl (C=O) groups excluding carboxylic acids is 1. The van der Waals surface area contributed by atoms with E-state index in [9.17, 15) is 22.4 Å². The summed E-state index contributed by atoms with van der Waals surface area (Å²) in [6.07, 6.45) is -2.29. The van der Waals surface area contributed by atoms with Crippen LogP contribution in [0, 0.1) is 11.2 Å². The van der Waals surface area contributed by atoms with E-state index in [0.717, 1.165) is 12.3 Å². The van der Waals surface area contributed by atoms with Crippen molar-refractivity contribution in [1.82, 2.24) is 9.55 Å². The van der Waals surface area contributed by atoms with Crippen molar-refractivity contribution in [2.24, 2.45) is 5.41 Å². The zero-order chi connectivity index (χ0) is 18.6. The molecule has 0 saturated heterocycles. The largest absolute Gasteiger partial charge is 0.426 e. The minimum Gasteiger partial charge on any atom is -0.273 e. The molecule has 25 heavy (non-hydrogen) atoms. The summed E-state index contributed by atoms with van der Waals surface area (Å²) in [6.45, 7) is 5.07. The van der Waals surface area contributed by atoms with E-state index in [0.29, 0.717) is 11.3 Å². The summed E-state index contributed by atoms with van der Waals surface area (Å²) in [5.41, 5.74) is -0.597. The van der Waals surface area contributed by atoms with Gasteiger partial charge in [-0.3, -0.25) is 9.36 Å². The molecule has 0 spiro atoms. The Kier molecular flexibility index (Phi) is 3.98. The Morgan fingerprint density at radius 3 is 2.48 bits per heavy atom. The van der Waals surface area contributed by atoms with Crippen LogP contribution < -0.4 is 0 Å². The van der Waals surface area contributed by atoms with E-state index in [1.807, 2.05) is 0 Å². The fourth-order valence-electron chi connectivity index (χ4n) is 2.55. The lowest BCUT2D eigenvalue weighted by Crippen LogP contribution is -2.26. The smallest absolute Gasteiger partial charge is 0.273 e. The first-order chi connectivity index (χ1) is 11.5. The second kappa shape index (κ2) is 5.66. The van der Waals surface area contributed by atoms with Crippen LogP contribution in [-0.2, 0) is 6.18 Å². The predicted octanol–water partition coefficient (Wildman–Crippen LogP) is 5.61. The van der Waals surface area contributed by atoms with Gasteiger partial charge in [-0.25, -0.2) is 9.37 Å². The molecule has 0 saturated carbocycles. The Hall–Kier alpha value is -2.22. The SMILES string of the molecule is CC(C)(C)C(=O)n1cc(-c2ccsc2C(F)(F)F)c2cc(F)cnc21. The summed E-state index contributed by atoms with van der Waals surface area (Å²) in [5, 5.41) is 1.49. The Morgan fingerprint density at radius 2 is 1.88 bits per heavy atom. The normalized spacial score (nSPS) is 12.8. The van der Waals surface area contributed by atoms with Gasteiger partial charge >= 0.3 is 6.18 Å². The zero-order valence-corrected chi connectivity index (χ0v) is 14.4. The van der Waals surface area contributed by atoms with Crippen LogP contribution in [0.5, 0.6) is 0 Å². The van der Waals surface area contributed by atoms with E-state index in [1.165, 1.54) is 22.2 Å². The molecule has 0 radical (unpaired) electrons. The Morgan fingerprint density at radius 1 is 1.20 bits per heavy atom. The Balaban J connectivity index is 2.32. The molecule has 3 rings (SSSR count). The molecule has 3 nitrogen and oxygen atoms in total. The van der Waals surface area contributed by atoms with Gasteiger partial charge in [0.1, 0.15) is 16.3 Å². The first-order valence-electron chi connectivity index (χ1n) is 7.36. The van der Waals surface area contributed by atoms with Gasteiger partial charge in [0, 0.05) is 28.1 Å². The van der Waals surface area contributed by atoms with Crippen LogP contribution in [0.3, 0.4) is 0 Å². The van der Waals surface area contributed by atoms with E-state index in [1.54, 1.807) is 20.8 Å². The second-order valence-electron chi connectivity index (χ2n) is 6.65. The van der Waals surface area contributed by atoms with E-state index in [2.05, 4.69) is 4.98 Å². The topological polar surface area (TPSA) is 34.9 Å². The minimum absolute atomic E-state index is 0.0876. The number of hydrogen-bond donors (Lipinski definition) is 0. The van der Waals surface area contributed by atoms with Crippen molar-refractivity contribution in [1.29, 1.82) is 0 Å². The fraction of sp³-hybridized carbons (Fsp3) is 0.294. The number of aromatic nitrogens is 2. The molecule has 0 aliphatic rings. The highest BCUT2D eigenvalue weighted by molar-refractivity contribution is 7.10. The first kappa shape index (κ1) is 17.6. The first-order valence-corrected chi connectivity index (χ1v) is 8.24. The molecule has 132 valence electrons. The van der Waals surface area contributed by atoms with Crippen LogP contribution in [0.15, 0.2) is 29.9 Å². The maximum Gasteiger partial charge on any atom is 0.426 e. The van der Waals surface area contributed by atoms with Crippen LogP contribution in [0.25, 0.3) is 22.2 Å². The molecule has 3 aromatic rings. The quantitative estimate of drug-likeness (QED) is 0.522. The van der Waals surface area contributed by atoms with Gasteiger partial charge in [-0.05, 0) is 17.5 Å². The third kappa shape index (κ3) is 3.06. The maximum atomic E-state index is 13.7. The summed E-state index contributed by atoms with van der Waals surface area (Å²) in [4.78, 5) is 15.8. The second-order valence-corrected chi connectivity index (χ2v) is 7.57. The molecule has 3 aromatic heterocycles. The number of alkyl halides is 3. The number of thiophene rings is 1. The van der Waals surface area contributed by atoms with Gasteiger partial charge in [0.05, 0.1) is 6.20 Å². The molecular weight excluding hydrogens is 356 g/mol. The number of rotatable bonds is 1. The van der Waals surface area contributed by atoms with Gasteiger partial charge in [0.15, 0.2) is 0 Å². The highest BCUT2D eigenvalue weighted by Crippen LogP contribution is 2.43. The number of fused-ring (bicyclic) bond motifs is 1. The minimum atomic E-state index is -4.54. The average Bonchev–Trinajstić information content (AvgIpc) is 3.08. The van der Waals surface area contributed by atoms with Crippen LogP contribution >= 0.6 is 11.3 Å². The summed E-state index contributed by atoms with van der Waals surface area (Å²) >= 11 is 0.554. The third-order valence-electron chi connectivity index (χ3n) is 3.68. The zero-order valence-electron chi connectivity index (χ0n) is 13.6. The average molecular weight is 370 g/mol. The molecule has 0 N–H and O–H groups in total. The van der Waals surface area contributed by atoms with Gasteiger partial charge in [-0.15, -0.1) is 11.3 Å². The van der Waals surface area contributed by atoms with E-state index >= 15 is 0 Å². The van der Waals surface area contributed by atoms with E-state index in [4.69, 9.17) is 0 Å². The highest BCUT2D eigenvalue weighted by atomic mass is 32.1. The number of pyridine rings is 1. The lowest BCUT2D eigenvalue weighted by molar-refractivity contribution is -0.133. The number of carbonyl (C=O) groups is 1. The van der Waals surface area contributed by atoms with Crippen LogP contribution in [-0.4, -0.2) is 15.5 Å². The van der Waals surface area contributed by atoms with Crippen LogP contribution in [0.4, 0.5) is 17.6 Å². The Bertz CT molecular complexity index is 963. The molecule has 0 bridgehead atoms. The molecule has 0 fully saturated rings. The molecule has 3 heterocycles. The standard InChI is InChI=1S/C17H14F4N2OS/c1-16(2,3)15(24)23-8-12(11-6-9(18)7-22-14(11)23)10-4-5-25-13(10)17(19,20)21/h4-8H,1-3H3. The van der Waals surface area contributed by atoms with Crippen LogP contribution in [0.2, 0.25) is 0 Å². The summed E-state index contributed by atoms with van der Waals surface area (Å²) in [7, 11) is 0. The number of hydrogen-bond acceptors (Lipinski definition) is 3. The van der Waals surface area contributed by atoms with Gasteiger partial charge in [-0.2, -0.15) is 13.2 Å². The predicted molar refractivity (Wildman–Crippen MR) is 88.1 cm³/mol. The number of nitrogens with zero attached hydrogens (tertiary/aromatic N) is 2. The molecule has 0 aliphatic heterocycles. The summed E-state index contributed by atoms with van der Waals surface area (Å²) < 4.78 is 54.6. The number of halogens is 4. The third-order valence-corrected chi connectivity index (χ3v) is 4.64. The van der Waals surface area contributed by atoms with Crippen molar-refractivity contribution in [2.75, 3.05) is 0 Å². The Labute approximate surface area is 144 Å². The van der Waals surface area contributed by atoms with Crippen molar-refractivity contribution in [2.45, 2.75) is 26.9 Å². The van der Waals surface area contributed by atoms with E-state index in [-0.39, 0.29) is 28.1 Å². The highest BCUT2D eigenvalue weighted by Gasteiger charge is 2.36. The molecular formula is C17H14F4N2OS. The van der Waals surface area contributed by atoms with E-state index < -0.39 is 22.3 Å². The van der Waals surface area contributed by atoms with Gasteiger partial charge in [0.2, 0.25) is 5.91 Å². The van der Waals surface area contributed by atoms with Crippen LogP contribution in [0.1, 0.15) is 30.4 Å². The van der Waals surface area contributed by atoms with Gasteiger partial charge in [-0.1, -0.05) is 20.8 Å². The van der Waals surface area contributed by atoms with Crippen molar-refractivity contribution < 1.29 is 22.4 Å². The summed E-state index contributed by atoms with van der Waals surface area (Å²) in [6, 6.07) is 2.42. The lowest BCUT2D eigenvalue weighted by atomic mass is 9.95. The molecule has 0 unspecified atom stereocenters. The fourth-order valence-corrected chi connectivity index (χ4v) is 3.33. The molecule has 0 atom stereocenters. The van der Waals surface area contributed by atoms with Gasteiger partial charge in [0.25, 0.3) is 0 Å². The molecule has 0 aromatic carbocycles. The monoisotopic (exact) mass is 370 g/mol. The molecule has 0 amide bonds. The summed E-state index contributed by atoms with van der Waals surface area (Å²) in [5.74, 6) is -1.02. The van der Waals surface area contributed by atoms with Gasteiger partial charge < -0.3 is 0 Å². The lowest BCUT2D eigenvalue weighted by Gasteiger charge is -2.17. The molecule has 8 heteroatoms. The van der Waals surface area contributed by atoms with Crippen molar-refractivity contribution in [3.63, 3.8) is 0 Å².